The van der Waals surface area contributed by atoms with Crippen LogP contribution >= 0.6 is 0 Å². The second-order valence-corrected chi connectivity index (χ2v) is 8.86. The van der Waals surface area contributed by atoms with Gasteiger partial charge in [-0.1, -0.05) is 19.3 Å². The van der Waals surface area contributed by atoms with E-state index >= 15 is 0 Å². The molecule has 124 valence electrons. The Labute approximate surface area is 131 Å². The molecule has 0 aliphatic heterocycles. The molecule has 0 bridgehead atoms. The Morgan fingerprint density at radius 2 is 2.05 bits per heavy atom. The van der Waals surface area contributed by atoms with Crippen LogP contribution in [0, 0.1) is 0 Å². The summed E-state index contributed by atoms with van der Waals surface area (Å²) in [6.45, 7) is 1.44. The first-order valence-electron chi connectivity index (χ1n) is 7.67. The fraction of sp³-hybridized carbons (Fsp3) is 0.733. The van der Waals surface area contributed by atoms with E-state index in [0.29, 0.717) is 5.92 Å². The number of hydrogen-bond donors (Lipinski definition) is 0. The number of rotatable bonds is 6. The molecule has 0 amide bonds. The predicted molar refractivity (Wildman–Crippen MR) is 80.9 cm³/mol. The van der Waals surface area contributed by atoms with Crippen LogP contribution in [0.4, 0.5) is 0 Å². The molecule has 22 heavy (non-hydrogen) atoms. The van der Waals surface area contributed by atoms with Crippen molar-refractivity contribution in [1.82, 2.24) is 9.78 Å². The lowest BCUT2D eigenvalue weighted by atomic mass is 9.86. The number of carboxylic acids is 1. The Bertz CT molecular complexity index is 632. The molecule has 1 aliphatic rings. The van der Waals surface area contributed by atoms with E-state index in [1.807, 2.05) is 12.4 Å². The zero-order valence-corrected chi connectivity index (χ0v) is 13.9. The highest BCUT2D eigenvalue weighted by molar-refractivity contribution is 7.92. The molecule has 1 fully saturated rings. The zero-order chi connectivity index (χ0) is 16.4. The number of aromatic nitrogens is 2. The van der Waals surface area contributed by atoms with Gasteiger partial charge in [-0.25, -0.2) is 8.42 Å². The molecular weight excluding hydrogens is 304 g/mol. The normalized spacial score (nSPS) is 19.7. The van der Waals surface area contributed by atoms with E-state index in [2.05, 4.69) is 5.10 Å². The summed E-state index contributed by atoms with van der Waals surface area (Å²) in [5, 5.41) is 15.5. The van der Waals surface area contributed by atoms with Gasteiger partial charge in [0.25, 0.3) is 0 Å². The van der Waals surface area contributed by atoms with Crippen LogP contribution in [0.2, 0.25) is 0 Å². The summed E-state index contributed by atoms with van der Waals surface area (Å²) >= 11 is 0. The minimum Gasteiger partial charge on any atom is -0.548 e. The minimum atomic E-state index is -3.75. The van der Waals surface area contributed by atoms with E-state index in [9.17, 15) is 18.3 Å². The van der Waals surface area contributed by atoms with Crippen molar-refractivity contribution in [2.75, 3.05) is 6.26 Å². The fourth-order valence-corrected chi connectivity index (χ4v) is 3.68. The summed E-state index contributed by atoms with van der Waals surface area (Å²) in [5.74, 6) is -1.04. The lowest BCUT2D eigenvalue weighted by Gasteiger charge is -2.28. The smallest absolute Gasteiger partial charge is 0.158 e. The molecule has 6 nitrogen and oxygen atoms in total. The second-order valence-electron chi connectivity index (χ2n) is 6.41. The van der Waals surface area contributed by atoms with Gasteiger partial charge >= 0.3 is 0 Å². The number of sulfone groups is 1. The summed E-state index contributed by atoms with van der Waals surface area (Å²) in [4.78, 5) is 11.2. The number of hydrogen-bond acceptors (Lipinski definition) is 5. The van der Waals surface area contributed by atoms with Gasteiger partial charge in [0, 0.05) is 19.0 Å². The molecule has 0 radical (unpaired) electrons. The number of carbonyl (C=O) groups excluding carboxylic acids is 1. The maximum absolute atomic E-state index is 11.7. The van der Waals surface area contributed by atoms with Crippen LogP contribution in [0.1, 0.15) is 56.9 Å². The van der Waals surface area contributed by atoms with Gasteiger partial charge in [0.15, 0.2) is 9.84 Å². The molecule has 0 spiro atoms. The van der Waals surface area contributed by atoms with Crippen LogP contribution < -0.4 is 5.11 Å². The molecule has 0 aromatic carbocycles. The predicted octanol–water partition coefficient (Wildman–Crippen LogP) is 0.874. The highest BCUT2D eigenvalue weighted by Gasteiger charge is 2.37. The third-order valence-electron chi connectivity index (χ3n) is 4.80. The number of carbonyl (C=O) groups is 1. The van der Waals surface area contributed by atoms with Gasteiger partial charge in [0.05, 0.1) is 12.2 Å². The standard InChI is InChI=1S/C15H24N2O4S/c1-15(14(18)19,22(2,20)21)8-9-17-11-13(10-16-17)12-6-4-3-5-7-12/h10-12H,3-9H2,1-2H3,(H,18,19)/p-1/t15-/m1/s1. The molecule has 7 heteroatoms. The summed E-state index contributed by atoms with van der Waals surface area (Å²) < 4.78 is 23.2. The Morgan fingerprint density at radius 1 is 1.41 bits per heavy atom. The topological polar surface area (TPSA) is 92.1 Å². The maximum Gasteiger partial charge on any atom is 0.158 e. The molecular formula is C15H23N2O4S-. The molecule has 1 saturated carbocycles. The van der Waals surface area contributed by atoms with Crippen LogP contribution in [0.25, 0.3) is 0 Å². The highest BCUT2D eigenvalue weighted by Crippen LogP contribution is 2.32. The molecule has 1 atom stereocenters. The van der Waals surface area contributed by atoms with Crippen molar-refractivity contribution in [3.05, 3.63) is 18.0 Å². The quantitative estimate of drug-likeness (QED) is 0.773. The molecule has 0 N–H and O–H groups in total. The Morgan fingerprint density at radius 3 is 2.59 bits per heavy atom. The third-order valence-corrected chi connectivity index (χ3v) is 6.81. The van der Waals surface area contributed by atoms with Gasteiger partial charge in [-0.05, 0) is 37.7 Å². The van der Waals surface area contributed by atoms with Gasteiger partial charge in [-0.15, -0.1) is 0 Å². The molecule has 1 aromatic rings. The van der Waals surface area contributed by atoms with E-state index in [1.165, 1.54) is 26.2 Å². The van der Waals surface area contributed by atoms with Gasteiger partial charge in [0.1, 0.15) is 4.75 Å². The lowest BCUT2D eigenvalue weighted by molar-refractivity contribution is -0.309. The van der Waals surface area contributed by atoms with E-state index in [0.717, 1.165) is 24.7 Å². The molecule has 1 heterocycles. The SMILES string of the molecule is C[C@@](CCn1cc(C2CCCCC2)cn1)(C(=O)[O-])S(C)(=O)=O. The summed E-state index contributed by atoms with van der Waals surface area (Å²) in [7, 11) is -3.75. The van der Waals surface area contributed by atoms with Crippen molar-refractivity contribution in [1.29, 1.82) is 0 Å². The molecule has 2 rings (SSSR count). The van der Waals surface area contributed by atoms with E-state index in [1.54, 1.807) is 4.68 Å². The van der Waals surface area contributed by atoms with Crippen molar-refractivity contribution in [3.63, 3.8) is 0 Å². The van der Waals surface area contributed by atoms with Gasteiger partial charge < -0.3 is 9.90 Å². The number of nitrogens with zero attached hydrogens (tertiary/aromatic N) is 2. The third kappa shape index (κ3) is 3.51. The van der Waals surface area contributed by atoms with Gasteiger partial charge in [0.2, 0.25) is 0 Å². The average molecular weight is 327 g/mol. The Hall–Kier alpha value is -1.37. The second kappa shape index (κ2) is 6.40. The van der Waals surface area contributed by atoms with E-state index in [-0.39, 0.29) is 13.0 Å². The van der Waals surface area contributed by atoms with E-state index < -0.39 is 20.6 Å². The molecule has 1 aliphatic carbocycles. The summed E-state index contributed by atoms with van der Waals surface area (Å²) in [6, 6.07) is 0. The first-order valence-corrected chi connectivity index (χ1v) is 9.56. The van der Waals surface area contributed by atoms with Gasteiger partial charge in [-0.2, -0.15) is 5.10 Å². The number of aliphatic carboxylic acids is 1. The van der Waals surface area contributed by atoms with E-state index in [4.69, 9.17) is 0 Å². The van der Waals surface area contributed by atoms with Crippen molar-refractivity contribution in [3.8, 4) is 0 Å². The number of carboxylic acid groups (broad SMARTS) is 1. The van der Waals surface area contributed by atoms with Crippen LogP contribution in [0.5, 0.6) is 0 Å². The van der Waals surface area contributed by atoms with Crippen molar-refractivity contribution in [2.24, 2.45) is 0 Å². The molecule has 0 saturated heterocycles. The van der Waals surface area contributed by atoms with Crippen molar-refractivity contribution in [2.45, 2.75) is 62.7 Å². The minimum absolute atomic E-state index is 0.0556. The fourth-order valence-electron chi connectivity index (χ4n) is 2.92. The first kappa shape index (κ1) is 17.0. The Balaban J connectivity index is 2.05. The van der Waals surface area contributed by atoms with Crippen LogP contribution in [-0.4, -0.2) is 35.2 Å². The average Bonchev–Trinajstić information content (AvgIpc) is 2.93. The zero-order valence-electron chi connectivity index (χ0n) is 13.1. The first-order chi connectivity index (χ1) is 10.2. The van der Waals surface area contributed by atoms with Gasteiger partial charge in [-0.3, -0.25) is 4.68 Å². The maximum atomic E-state index is 11.7. The summed E-state index contributed by atoms with van der Waals surface area (Å²) in [5.41, 5.74) is 1.16. The van der Waals surface area contributed by atoms with Crippen molar-refractivity contribution >= 4 is 15.8 Å². The van der Waals surface area contributed by atoms with Crippen LogP contribution in [0.15, 0.2) is 12.4 Å². The molecule has 1 aromatic heterocycles. The van der Waals surface area contributed by atoms with Crippen LogP contribution in [-0.2, 0) is 21.2 Å². The lowest BCUT2D eigenvalue weighted by Crippen LogP contribution is -2.51. The van der Waals surface area contributed by atoms with Crippen molar-refractivity contribution < 1.29 is 18.3 Å². The monoisotopic (exact) mass is 327 g/mol. The Kier molecular flexibility index (Phi) is 4.94. The summed E-state index contributed by atoms with van der Waals surface area (Å²) in [6.07, 6.45) is 10.7. The highest BCUT2D eigenvalue weighted by atomic mass is 32.2. The van der Waals surface area contributed by atoms with Crippen LogP contribution in [0.3, 0.4) is 0 Å². The molecule has 0 unspecified atom stereocenters. The number of aryl methyl sites for hydroxylation is 1. The largest absolute Gasteiger partial charge is 0.548 e.